The van der Waals surface area contributed by atoms with Crippen LogP contribution in [0.4, 0.5) is 5.69 Å². The van der Waals surface area contributed by atoms with Crippen LogP contribution in [0.25, 0.3) is 0 Å². The lowest BCUT2D eigenvalue weighted by Gasteiger charge is -2.32. The molecule has 2 aromatic rings. The number of benzene rings is 2. The van der Waals surface area contributed by atoms with Gasteiger partial charge in [-0.05, 0) is 50.1 Å². The Morgan fingerprint density at radius 1 is 1.03 bits per heavy atom. The van der Waals surface area contributed by atoms with Crippen LogP contribution in [0.2, 0.25) is 15.1 Å². The standard InChI is InChI=1S/C23H28Cl3N3O4S/c1-5-15(2)27-23(31)16(3)28(13-17-8-6-7-9-21(17)26)22(30)14-29(34(4,32)33)20-11-18(24)10-19(25)12-20/h6-12,15-16H,5,13-14H2,1-4H3,(H,27,31)/t15-,16-/m1/s1. The summed E-state index contributed by atoms with van der Waals surface area (Å²) in [5, 5.41) is 3.73. The Morgan fingerprint density at radius 3 is 2.15 bits per heavy atom. The highest BCUT2D eigenvalue weighted by molar-refractivity contribution is 7.92. The predicted molar refractivity (Wildman–Crippen MR) is 138 cm³/mol. The third-order valence-electron chi connectivity index (χ3n) is 5.28. The molecule has 0 aromatic heterocycles. The SMILES string of the molecule is CC[C@@H](C)NC(=O)[C@@H](C)N(Cc1ccccc1Cl)C(=O)CN(c1cc(Cl)cc(Cl)c1)S(C)(=O)=O. The zero-order valence-corrected chi connectivity index (χ0v) is 22.5. The Hall–Kier alpha value is -2.00. The minimum absolute atomic E-state index is 0.0154. The van der Waals surface area contributed by atoms with Crippen molar-refractivity contribution in [2.24, 2.45) is 0 Å². The van der Waals surface area contributed by atoms with E-state index in [0.717, 1.165) is 10.6 Å². The summed E-state index contributed by atoms with van der Waals surface area (Å²) < 4.78 is 26.1. The fourth-order valence-corrected chi connectivity index (χ4v) is 4.70. The van der Waals surface area contributed by atoms with Gasteiger partial charge in [-0.3, -0.25) is 13.9 Å². The van der Waals surface area contributed by atoms with Crippen LogP contribution in [0.5, 0.6) is 0 Å². The van der Waals surface area contributed by atoms with Gasteiger partial charge in [-0.2, -0.15) is 0 Å². The van der Waals surface area contributed by atoms with Crippen molar-refractivity contribution in [1.82, 2.24) is 10.2 Å². The van der Waals surface area contributed by atoms with Crippen molar-refractivity contribution in [1.29, 1.82) is 0 Å². The number of sulfonamides is 1. The molecule has 0 fully saturated rings. The lowest BCUT2D eigenvalue weighted by atomic mass is 10.1. The number of nitrogens with one attached hydrogen (secondary N) is 1. The van der Waals surface area contributed by atoms with E-state index in [9.17, 15) is 18.0 Å². The Bertz CT molecular complexity index is 1120. The molecule has 0 aliphatic rings. The maximum Gasteiger partial charge on any atom is 0.244 e. The van der Waals surface area contributed by atoms with Crippen molar-refractivity contribution in [3.8, 4) is 0 Å². The van der Waals surface area contributed by atoms with Gasteiger partial charge in [0.2, 0.25) is 21.8 Å². The van der Waals surface area contributed by atoms with Gasteiger partial charge in [-0.25, -0.2) is 8.42 Å². The van der Waals surface area contributed by atoms with Gasteiger partial charge < -0.3 is 10.2 Å². The molecule has 2 aromatic carbocycles. The number of rotatable bonds is 10. The van der Waals surface area contributed by atoms with Crippen molar-refractivity contribution in [2.75, 3.05) is 17.1 Å². The van der Waals surface area contributed by atoms with E-state index in [4.69, 9.17) is 34.8 Å². The number of hydrogen-bond donors (Lipinski definition) is 1. The molecule has 0 saturated heterocycles. The molecule has 11 heteroatoms. The molecule has 7 nitrogen and oxygen atoms in total. The number of halogens is 3. The molecule has 0 radical (unpaired) electrons. The molecule has 0 heterocycles. The van der Waals surface area contributed by atoms with E-state index in [0.29, 0.717) is 17.0 Å². The van der Waals surface area contributed by atoms with Crippen LogP contribution in [-0.2, 0) is 26.2 Å². The topological polar surface area (TPSA) is 86.8 Å². The molecule has 2 amide bonds. The molecule has 186 valence electrons. The maximum atomic E-state index is 13.5. The van der Waals surface area contributed by atoms with E-state index in [1.54, 1.807) is 31.2 Å². The van der Waals surface area contributed by atoms with Crippen molar-refractivity contribution < 1.29 is 18.0 Å². The van der Waals surface area contributed by atoms with Crippen LogP contribution < -0.4 is 9.62 Å². The van der Waals surface area contributed by atoms with Crippen LogP contribution in [0.15, 0.2) is 42.5 Å². The van der Waals surface area contributed by atoms with Crippen LogP contribution in [0.1, 0.15) is 32.8 Å². The fourth-order valence-electron chi connectivity index (χ4n) is 3.16. The Balaban J connectivity index is 2.43. The predicted octanol–water partition coefficient (Wildman–Crippen LogP) is 4.74. The first kappa shape index (κ1) is 28.2. The Kier molecular flexibility index (Phi) is 10.1. The first-order chi connectivity index (χ1) is 15.8. The largest absolute Gasteiger partial charge is 0.352 e. The second-order valence-electron chi connectivity index (χ2n) is 8.00. The number of hydrogen-bond acceptors (Lipinski definition) is 4. The monoisotopic (exact) mass is 547 g/mol. The normalized spacial score (nSPS) is 13.1. The summed E-state index contributed by atoms with van der Waals surface area (Å²) in [6.45, 7) is 4.84. The zero-order valence-electron chi connectivity index (χ0n) is 19.4. The lowest BCUT2D eigenvalue weighted by Crippen LogP contribution is -2.52. The van der Waals surface area contributed by atoms with Gasteiger partial charge in [0.05, 0.1) is 11.9 Å². The number of carbonyl (C=O) groups is 2. The number of amides is 2. The van der Waals surface area contributed by atoms with E-state index < -0.39 is 28.5 Å². The van der Waals surface area contributed by atoms with E-state index in [-0.39, 0.29) is 34.2 Å². The summed E-state index contributed by atoms with van der Waals surface area (Å²) in [6, 6.07) is 10.2. The Morgan fingerprint density at radius 2 is 1.62 bits per heavy atom. The van der Waals surface area contributed by atoms with Crippen molar-refractivity contribution in [3.05, 3.63) is 63.1 Å². The number of nitrogens with zero attached hydrogens (tertiary/aromatic N) is 2. The molecule has 0 aliphatic heterocycles. The van der Waals surface area contributed by atoms with Gasteiger partial charge in [0.15, 0.2) is 0 Å². The highest BCUT2D eigenvalue weighted by atomic mass is 35.5. The number of carbonyl (C=O) groups excluding carboxylic acids is 2. The van der Waals surface area contributed by atoms with Gasteiger partial charge in [0, 0.05) is 27.7 Å². The minimum Gasteiger partial charge on any atom is -0.352 e. The van der Waals surface area contributed by atoms with Gasteiger partial charge >= 0.3 is 0 Å². The molecule has 2 rings (SSSR count). The quantitative estimate of drug-likeness (QED) is 0.464. The average Bonchev–Trinajstić information content (AvgIpc) is 2.74. The summed E-state index contributed by atoms with van der Waals surface area (Å²) in [5.74, 6) is -0.945. The lowest BCUT2D eigenvalue weighted by molar-refractivity contribution is -0.139. The second-order valence-corrected chi connectivity index (χ2v) is 11.2. The van der Waals surface area contributed by atoms with Crippen molar-refractivity contribution in [2.45, 2.75) is 45.8 Å². The van der Waals surface area contributed by atoms with E-state index in [1.807, 2.05) is 13.8 Å². The molecular weight excluding hydrogens is 521 g/mol. The fraction of sp³-hybridized carbons (Fsp3) is 0.391. The Labute approximate surface area is 216 Å². The summed E-state index contributed by atoms with van der Waals surface area (Å²) in [6.07, 6.45) is 1.70. The summed E-state index contributed by atoms with van der Waals surface area (Å²) >= 11 is 18.4. The third kappa shape index (κ3) is 7.77. The number of anilines is 1. The maximum absolute atomic E-state index is 13.5. The molecule has 0 saturated carbocycles. The van der Waals surface area contributed by atoms with Crippen LogP contribution >= 0.6 is 34.8 Å². The third-order valence-corrected chi connectivity index (χ3v) is 7.23. The second kappa shape index (κ2) is 12.1. The molecule has 0 spiro atoms. The average molecular weight is 549 g/mol. The molecule has 1 N–H and O–H groups in total. The highest BCUT2D eigenvalue weighted by Crippen LogP contribution is 2.27. The molecule has 2 atom stereocenters. The minimum atomic E-state index is -3.89. The van der Waals surface area contributed by atoms with Gasteiger partial charge in [0.1, 0.15) is 12.6 Å². The summed E-state index contributed by atoms with van der Waals surface area (Å²) in [7, 11) is -3.89. The highest BCUT2D eigenvalue weighted by Gasteiger charge is 2.31. The smallest absolute Gasteiger partial charge is 0.244 e. The van der Waals surface area contributed by atoms with Crippen LogP contribution in [0, 0.1) is 0 Å². The molecular formula is C23H28Cl3N3O4S. The van der Waals surface area contributed by atoms with E-state index in [2.05, 4.69) is 5.32 Å². The zero-order chi connectivity index (χ0) is 25.6. The molecule has 34 heavy (non-hydrogen) atoms. The van der Waals surface area contributed by atoms with E-state index >= 15 is 0 Å². The van der Waals surface area contributed by atoms with Crippen LogP contribution in [0.3, 0.4) is 0 Å². The van der Waals surface area contributed by atoms with Gasteiger partial charge in [0.25, 0.3) is 0 Å². The first-order valence-electron chi connectivity index (χ1n) is 10.6. The first-order valence-corrected chi connectivity index (χ1v) is 13.6. The van der Waals surface area contributed by atoms with Crippen LogP contribution in [-0.4, -0.2) is 50.0 Å². The van der Waals surface area contributed by atoms with Crippen molar-refractivity contribution in [3.63, 3.8) is 0 Å². The van der Waals surface area contributed by atoms with E-state index in [1.165, 1.54) is 23.1 Å². The molecule has 0 bridgehead atoms. The molecule has 0 aliphatic carbocycles. The summed E-state index contributed by atoms with van der Waals surface area (Å²) in [4.78, 5) is 27.7. The van der Waals surface area contributed by atoms with Gasteiger partial charge in [-0.15, -0.1) is 0 Å². The van der Waals surface area contributed by atoms with Crippen molar-refractivity contribution >= 4 is 62.3 Å². The molecule has 0 unspecified atom stereocenters. The van der Waals surface area contributed by atoms with Gasteiger partial charge in [-0.1, -0.05) is 59.9 Å². The summed E-state index contributed by atoms with van der Waals surface area (Å²) in [5.41, 5.74) is 0.764.